The molecule has 2 N–H and O–H groups in total. The summed E-state index contributed by atoms with van der Waals surface area (Å²) in [7, 11) is 1.17. The largest absolute Gasteiger partial charge is 0.508 e. The molecule has 29 heavy (non-hydrogen) atoms. The van der Waals surface area contributed by atoms with E-state index in [1.54, 1.807) is 36.4 Å². The third-order valence-electron chi connectivity index (χ3n) is 4.21. The van der Waals surface area contributed by atoms with Gasteiger partial charge in [-0.1, -0.05) is 24.3 Å². The first-order chi connectivity index (χ1) is 14.0. The van der Waals surface area contributed by atoms with E-state index in [4.69, 9.17) is 9.47 Å². The van der Waals surface area contributed by atoms with Crippen LogP contribution in [0.5, 0.6) is 0 Å². The summed E-state index contributed by atoms with van der Waals surface area (Å²) in [6, 6.07) is 12.9. The molecule has 0 amide bonds. The molecule has 3 aromatic rings. The molecule has 1 aromatic heterocycles. The van der Waals surface area contributed by atoms with Crippen LogP contribution in [0.1, 0.15) is 17.8 Å². The van der Waals surface area contributed by atoms with Crippen LogP contribution in [0.3, 0.4) is 0 Å². The summed E-state index contributed by atoms with van der Waals surface area (Å²) in [5.74, 6) is -2.12. The van der Waals surface area contributed by atoms with E-state index in [0.717, 1.165) is 5.56 Å². The molecule has 3 rings (SSSR count). The van der Waals surface area contributed by atoms with Crippen LogP contribution in [0.25, 0.3) is 16.6 Å². The molecule has 0 saturated heterocycles. The molecular formula is C21H19FN2O5. The summed E-state index contributed by atoms with van der Waals surface area (Å²) >= 11 is 0. The molecule has 0 bridgehead atoms. The number of halogens is 1. The average molecular weight is 398 g/mol. The first kappa shape index (κ1) is 20.1. The molecule has 8 heteroatoms. The summed E-state index contributed by atoms with van der Waals surface area (Å²) in [6.45, 7) is -0.510. The Bertz CT molecular complexity index is 1020. The Morgan fingerprint density at radius 1 is 1.14 bits per heavy atom. The van der Waals surface area contributed by atoms with E-state index >= 15 is 0 Å². The van der Waals surface area contributed by atoms with E-state index in [-0.39, 0.29) is 23.6 Å². The SMILES string of the molecule is COC(=O)/C(=C(/O)COC(=O)CCc1ccc(F)cc1)c1nc2ccccc2[nH]1. The van der Waals surface area contributed by atoms with E-state index in [9.17, 15) is 19.1 Å². The molecule has 1 heterocycles. The van der Waals surface area contributed by atoms with Gasteiger partial charge in [0.05, 0.1) is 18.1 Å². The maximum absolute atomic E-state index is 12.9. The van der Waals surface area contributed by atoms with Gasteiger partial charge in [0.25, 0.3) is 0 Å². The zero-order valence-electron chi connectivity index (χ0n) is 15.6. The summed E-state index contributed by atoms with van der Waals surface area (Å²) < 4.78 is 22.7. The molecule has 0 saturated carbocycles. The lowest BCUT2D eigenvalue weighted by Gasteiger charge is -2.08. The fourth-order valence-corrected chi connectivity index (χ4v) is 2.72. The Morgan fingerprint density at radius 2 is 1.86 bits per heavy atom. The monoisotopic (exact) mass is 398 g/mol. The number of aromatic nitrogens is 2. The number of ether oxygens (including phenoxy) is 2. The number of H-pyrrole nitrogens is 1. The Labute approximate surface area is 165 Å². The maximum Gasteiger partial charge on any atom is 0.345 e. The van der Waals surface area contributed by atoms with Crippen molar-refractivity contribution in [1.29, 1.82) is 0 Å². The number of hydrogen-bond acceptors (Lipinski definition) is 6. The molecule has 0 atom stereocenters. The number of fused-ring (bicyclic) bond motifs is 1. The number of aliphatic hydroxyl groups is 1. The number of hydrogen-bond donors (Lipinski definition) is 2. The zero-order chi connectivity index (χ0) is 20.8. The topological polar surface area (TPSA) is 102 Å². The van der Waals surface area contributed by atoms with Gasteiger partial charge in [-0.05, 0) is 36.2 Å². The number of imidazole rings is 1. The van der Waals surface area contributed by atoms with Gasteiger partial charge in [0, 0.05) is 6.42 Å². The second-order valence-corrected chi connectivity index (χ2v) is 6.20. The summed E-state index contributed by atoms with van der Waals surface area (Å²) in [5.41, 5.74) is 1.84. The lowest BCUT2D eigenvalue weighted by atomic mass is 10.1. The number of aromatic amines is 1. The van der Waals surface area contributed by atoms with Crippen LogP contribution in [-0.2, 0) is 25.5 Å². The van der Waals surface area contributed by atoms with E-state index < -0.39 is 24.3 Å². The van der Waals surface area contributed by atoms with Gasteiger partial charge in [0.15, 0.2) is 0 Å². The highest BCUT2D eigenvalue weighted by Gasteiger charge is 2.23. The van der Waals surface area contributed by atoms with Gasteiger partial charge in [-0.2, -0.15) is 0 Å². The van der Waals surface area contributed by atoms with E-state index in [0.29, 0.717) is 17.5 Å². The van der Waals surface area contributed by atoms with E-state index in [1.165, 1.54) is 19.2 Å². The predicted molar refractivity (Wildman–Crippen MR) is 103 cm³/mol. The second kappa shape index (κ2) is 9.01. The molecule has 0 fully saturated rings. The molecule has 0 aliphatic heterocycles. The average Bonchev–Trinajstić information content (AvgIpc) is 3.15. The molecule has 150 valence electrons. The van der Waals surface area contributed by atoms with Gasteiger partial charge in [0.1, 0.15) is 29.6 Å². The minimum atomic E-state index is -0.816. The van der Waals surface area contributed by atoms with Crippen LogP contribution in [-0.4, -0.2) is 40.7 Å². The predicted octanol–water partition coefficient (Wildman–Crippen LogP) is 3.32. The number of aliphatic hydroxyl groups excluding tert-OH is 1. The van der Waals surface area contributed by atoms with Crippen LogP contribution in [0.15, 0.2) is 54.3 Å². The van der Waals surface area contributed by atoms with Crippen LogP contribution >= 0.6 is 0 Å². The van der Waals surface area contributed by atoms with Gasteiger partial charge in [-0.3, -0.25) is 4.79 Å². The highest BCUT2D eigenvalue weighted by atomic mass is 19.1. The molecule has 7 nitrogen and oxygen atoms in total. The smallest absolute Gasteiger partial charge is 0.345 e. The Balaban J connectivity index is 1.69. The number of rotatable bonds is 7. The highest BCUT2D eigenvalue weighted by Crippen LogP contribution is 2.21. The number of carbonyl (C=O) groups excluding carboxylic acids is 2. The van der Waals surface area contributed by atoms with Crippen molar-refractivity contribution in [3.8, 4) is 0 Å². The van der Waals surface area contributed by atoms with Crippen LogP contribution in [0.2, 0.25) is 0 Å². The first-order valence-corrected chi connectivity index (χ1v) is 8.83. The van der Waals surface area contributed by atoms with Crippen molar-refractivity contribution < 1.29 is 28.6 Å². The lowest BCUT2D eigenvalue weighted by Crippen LogP contribution is -2.14. The standard InChI is InChI=1S/C21H19FN2O5/c1-28-21(27)19(20-23-15-4-2-3-5-16(15)24-20)17(25)12-29-18(26)11-8-13-6-9-14(22)10-7-13/h2-7,9-10,25H,8,11-12H2,1H3,(H,23,24)/b19-17+. The van der Waals surface area contributed by atoms with Gasteiger partial charge in [-0.15, -0.1) is 0 Å². The van der Waals surface area contributed by atoms with Gasteiger partial charge in [-0.25, -0.2) is 14.2 Å². The van der Waals surface area contributed by atoms with Crippen molar-refractivity contribution in [3.63, 3.8) is 0 Å². The minimum Gasteiger partial charge on any atom is -0.508 e. The Hall–Kier alpha value is -3.68. The second-order valence-electron chi connectivity index (χ2n) is 6.20. The third-order valence-corrected chi connectivity index (χ3v) is 4.21. The Kier molecular flexibility index (Phi) is 6.23. The minimum absolute atomic E-state index is 0.0388. The number of carbonyl (C=O) groups is 2. The van der Waals surface area contributed by atoms with E-state index in [1.807, 2.05) is 0 Å². The number of para-hydroxylation sites is 2. The van der Waals surface area contributed by atoms with Crippen molar-refractivity contribution in [1.82, 2.24) is 9.97 Å². The quantitative estimate of drug-likeness (QED) is 0.360. The zero-order valence-corrected chi connectivity index (χ0v) is 15.6. The van der Waals surface area contributed by atoms with E-state index in [2.05, 4.69) is 9.97 Å². The van der Waals surface area contributed by atoms with Gasteiger partial charge < -0.3 is 19.6 Å². The number of methoxy groups -OCH3 is 1. The molecule has 0 spiro atoms. The summed E-state index contributed by atoms with van der Waals surface area (Å²) in [6.07, 6.45) is 0.397. The number of nitrogens with one attached hydrogen (secondary N) is 1. The summed E-state index contributed by atoms with van der Waals surface area (Å²) in [4.78, 5) is 31.3. The van der Waals surface area contributed by atoms with Crippen LogP contribution in [0.4, 0.5) is 4.39 Å². The van der Waals surface area contributed by atoms with Gasteiger partial charge >= 0.3 is 11.9 Å². The number of benzene rings is 2. The van der Waals surface area contributed by atoms with Crippen molar-refractivity contribution in [3.05, 3.63) is 71.5 Å². The number of nitrogens with zero attached hydrogens (tertiary/aromatic N) is 1. The van der Waals surface area contributed by atoms with Crippen molar-refractivity contribution in [2.24, 2.45) is 0 Å². The Morgan fingerprint density at radius 3 is 2.55 bits per heavy atom. The summed E-state index contributed by atoms with van der Waals surface area (Å²) in [5, 5.41) is 10.4. The first-order valence-electron chi connectivity index (χ1n) is 8.83. The normalized spacial score (nSPS) is 11.8. The van der Waals surface area contributed by atoms with Crippen molar-refractivity contribution in [2.45, 2.75) is 12.8 Å². The van der Waals surface area contributed by atoms with Crippen LogP contribution < -0.4 is 0 Å². The van der Waals surface area contributed by atoms with Crippen LogP contribution in [0, 0.1) is 5.82 Å². The molecule has 0 unspecified atom stereocenters. The fourth-order valence-electron chi connectivity index (χ4n) is 2.72. The highest BCUT2D eigenvalue weighted by molar-refractivity contribution is 6.16. The molecular weight excluding hydrogens is 379 g/mol. The van der Waals surface area contributed by atoms with Crippen molar-refractivity contribution >= 4 is 28.5 Å². The molecule has 0 radical (unpaired) electrons. The molecule has 0 aliphatic rings. The fraction of sp³-hybridized carbons (Fsp3) is 0.190. The molecule has 0 aliphatic carbocycles. The number of esters is 2. The lowest BCUT2D eigenvalue weighted by molar-refractivity contribution is -0.143. The molecule has 2 aromatic carbocycles. The van der Waals surface area contributed by atoms with Crippen molar-refractivity contribution in [2.75, 3.05) is 13.7 Å². The van der Waals surface area contributed by atoms with Gasteiger partial charge in [0.2, 0.25) is 0 Å². The number of aryl methyl sites for hydroxylation is 1. The third kappa shape index (κ3) is 4.98. The maximum atomic E-state index is 12.9.